The summed E-state index contributed by atoms with van der Waals surface area (Å²) in [6, 6.07) is 4.72. The Kier molecular flexibility index (Phi) is 7.69. The number of methoxy groups -OCH3 is 1. The van der Waals surface area contributed by atoms with Crippen LogP contribution in [-0.2, 0) is 14.8 Å². The number of rotatable bonds is 9. The van der Waals surface area contributed by atoms with Gasteiger partial charge < -0.3 is 10.1 Å². The van der Waals surface area contributed by atoms with Gasteiger partial charge in [-0.1, -0.05) is 20.3 Å². The summed E-state index contributed by atoms with van der Waals surface area (Å²) < 4.78 is 31.9. The van der Waals surface area contributed by atoms with Gasteiger partial charge in [0, 0.05) is 12.6 Å². The lowest BCUT2D eigenvalue weighted by Gasteiger charge is -2.22. The maximum Gasteiger partial charge on any atom is 0.243 e. The van der Waals surface area contributed by atoms with Crippen molar-refractivity contribution in [3.05, 3.63) is 23.8 Å². The average Bonchev–Trinajstić information content (AvgIpc) is 2.52. The number of benzene rings is 1. The van der Waals surface area contributed by atoms with Gasteiger partial charge in [0.05, 0.1) is 18.6 Å². The van der Waals surface area contributed by atoms with Gasteiger partial charge in [0.15, 0.2) is 0 Å². The van der Waals surface area contributed by atoms with Crippen molar-refractivity contribution in [1.82, 2.24) is 9.62 Å². The van der Waals surface area contributed by atoms with Crippen LogP contribution in [0.5, 0.6) is 5.75 Å². The van der Waals surface area contributed by atoms with Crippen LogP contribution in [0.2, 0.25) is 0 Å². The van der Waals surface area contributed by atoms with E-state index in [-0.39, 0.29) is 29.9 Å². The normalized spacial score (nSPS) is 12.9. The summed E-state index contributed by atoms with van der Waals surface area (Å²) >= 11 is 0. The molecular formula is C17H28N2O4S. The van der Waals surface area contributed by atoms with Crippen LogP contribution in [0.15, 0.2) is 23.1 Å². The van der Waals surface area contributed by atoms with Crippen molar-refractivity contribution in [3.8, 4) is 5.75 Å². The Hall–Kier alpha value is -1.60. The van der Waals surface area contributed by atoms with Crippen LogP contribution < -0.4 is 10.1 Å². The third-order valence-corrected chi connectivity index (χ3v) is 5.72. The van der Waals surface area contributed by atoms with Crippen molar-refractivity contribution in [1.29, 1.82) is 0 Å². The zero-order valence-corrected chi connectivity index (χ0v) is 15.9. The molecule has 1 N–H and O–H groups in total. The van der Waals surface area contributed by atoms with Gasteiger partial charge in [-0.2, -0.15) is 4.31 Å². The number of sulfonamides is 1. The van der Waals surface area contributed by atoms with E-state index >= 15 is 0 Å². The average molecular weight is 356 g/mol. The fourth-order valence-electron chi connectivity index (χ4n) is 2.51. The van der Waals surface area contributed by atoms with Crippen LogP contribution in [0.4, 0.5) is 0 Å². The first-order chi connectivity index (χ1) is 11.3. The van der Waals surface area contributed by atoms with Crippen LogP contribution in [0.25, 0.3) is 0 Å². The number of aryl methyl sites for hydroxylation is 1. The molecule has 0 spiro atoms. The molecule has 1 amide bonds. The quantitative estimate of drug-likeness (QED) is 0.737. The number of amides is 1. The number of likely N-dealkylation sites (N-methyl/N-ethyl adjacent to an activating group) is 1. The molecule has 7 heteroatoms. The van der Waals surface area contributed by atoms with Gasteiger partial charge in [0.2, 0.25) is 15.9 Å². The molecule has 1 rings (SSSR count). The number of hydrogen-bond donors (Lipinski definition) is 1. The van der Waals surface area contributed by atoms with Crippen molar-refractivity contribution in [2.45, 2.75) is 51.5 Å². The summed E-state index contributed by atoms with van der Waals surface area (Å²) in [5.41, 5.74) is 0.732. The largest absolute Gasteiger partial charge is 0.496 e. The van der Waals surface area contributed by atoms with Crippen LogP contribution in [-0.4, -0.2) is 44.9 Å². The Labute approximate surface area is 145 Å². The minimum absolute atomic E-state index is 0.0344. The molecule has 24 heavy (non-hydrogen) atoms. The first-order valence-electron chi connectivity index (χ1n) is 8.20. The van der Waals surface area contributed by atoms with Gasteiger partial charge in [-0.3, -0.25) is 4.79 Å². The molecule has 0 unspecified atom stereocenters. The Bertz CT molecular complexity index is 659. The van der Waals surface area contributed by atoms with Crippen LogP contribution in [0.3, 0.4) is 0 Å². The van der Waals surface area contributed by atoms with Gasteiger partial charge in [-0.05, 0) is 44.0 Å². The molecular weight excluding hydrogens is 328 g/mol. The molecule has 1 atom stereocenters. The number of nitrogens with zero attached hydrogens (tertiary/aromatic N) is 1. The monoisotopic (exact) mass is 356 g/mol. The second-order valence-corrected chi connectivity index (χ2v) is 7.76. The van der Waals surface area contributed by atoms with Crippen LogP contribution in [0, 0.1) is 6.92 Å². The number of carbonyl (C=O) groups excluding carboxylic acids is 1. The smallest absolute Gasteiger partial charge is 0.243 e. The Balaban J connectivity index is 2.93. The maximum absolute atomic E-state index is 12.8. The molecule has 0 bridgehead atoms. The molecule has 0 saturated carbocycles. The molecule has 6 nitrogen and oxygen atoms in total. The summed E-state index contributed by atoms with van der Waals surface area (Å²) in [4.78, 5) is 12.3. The van der Waals surface area contributed by atoms with Gasteiger partial charge >= 0.3 is 0 Å². The van der Waals surface area contributed by atoms with Gasteiger partial charge in [0.1, 0.15) is 5.75 Å². The lowest BCUT2D eigenvalue weighted by atomic mass is 10.2. The fraction of sp³-hybridized carbons (Fsp3) is 0.588. The van der Waals surface area contributed by atoms with E-state index in [1.54, 1.807) is 26.0 Å². The van der Waals surface area contributed by atoms with E-state index in [1.807, 2.05) is 13.8 Å². The Morgan fingerprint density at radius 1 is 1.33 bits per heavy atom. The standard InChI is InChI=1S/C17H28N2O4S/c1-6-8-14(4)18-17(20)12-19(7-2)24(21,22)15-9-10-16(23-5)13(3)11-15/h9-11,14H,6-8,12H2,1-5H3,(H,18,20)/t14-/m1/s1. The minimum Gasteiger partial charge on any atom is -0.496 e. The van der Waals surface area contributed by atoms with Gasteiger partial charge in [-0.25, -0.2) is 8.42 Å². The number of ether oxygens (including phenoxy) is 1. The van der Waals surface area contributed by atoms with Crippen LogP contribution in [0.1, 0.15) is 39.2 Å². The molecule has 1 aromatic rings. The van der Waals surface area contributed by atoms with E-state index < -0.39 is 10.0 Å². The van der Waals surface area contributed by atoms with Crippen molar-refractivity contribution in [2.24, 2.45) is 0 Å². The van der Waals surface area contributed by atoms with E-state index in [1.165, 1.54) is 17.5 Å². The van der Waals surface area contributed by atoms with Crippen molar-refractivity contribution >= 4 is 15.9 Å². The van der Waals surface area contributed by atoms with E-state index in [4.69, 9.17) is 4.74 Å². The van der Waals surface area contributed by atoms with Gasteiger partial charge in [-0.15, -0.1) is 0 Å². The van der Waals surface area contributed by atoms with Crippen molar-refractivity contribution in [3.63, 3.8) is 0 Å². The molecule has 1 aromatic carbocycles. The Morgan fingerprint density at radius 2 is 2.00 bits per heavy atom. The third kappa shape index (κ3) is 5.21. The second-order valence-electron chi connectivity index (χ2n) is 5.82. The van der Waals surface area contributed by atoms with Crippen molar-refractivity contribution < 1.29 is 17.9 Å². The summed E-state index contributed by atoms with van der Waals surface area (Å²) in [6.45, 7) is 7.50. The highest BCUT2D eigenvalue weighted by atomic mass is 32.2. The SMILES string of the molecule is CCC[C@@H](C)NC(=O)CN(CC)S(=O)(=O)c1ccc(OC)c(C)c1. The Morgan fingerprint density at radius 3 is 2.50 bits per heavy atom. The van der Waals surface area contributed by atoms with Crippen molar-refractivity contribution in [2.75, 3.05) is 20.2 Å². The highest BCUT2D eigenvalue weighted by Gasteiger charge is 2.26. The predicted octanol–water partition coefficient (Wildman–Crippen LogP) is 2.32. The van der Waals surface area contributed by atoms with E-state index in [9.17, 15) is 13.2 Å². The summed E-state index contributed by atoms with van der Waals surface area (Å²) in [6.07, 6.45) is 1.82. The van der Waals surface area contributed by atoms with E-state index in [0.29, 0.717) is 5.75 Å². The lowest BCUT2D eigenvalue weighted by Crippen LogP contribution is -2.43. The molecule has 0 aromatic heterocycles. The van der Waals surface area contributed by atoms with E-state index in [2.05, 4.69) is 5.32 Å². The van der Waals surface area contributed by atoms with E-state index in [0.717, 1.165) is 18.4 Å². The fourth-order valence-corrected chi connectivity index (χ4v) is 4.00. The molecule has 0 aliphatic carbocycles. The molecule has 0 fully saturated rings. The van der Waals surface area contributed by atoms with Crippen LogP contribution >= 0.6 is 0 Å². The maximum atomic E-state index is 12.8. The number of hydrogen-bond acceptors (Lipinski definition) is 4. The lowest BCUT2D eigenvalue weighted by molar-refractivity contribution is -0.121. The van der Waals surface area contributed by atoms with Gasteiger partial charge in [0.25, 0.3) is 0 Å². The summed E-state index contributed by atoms with van der Waals surface area (Å²) in [5, 5.41) is 2.83. The molecule has 0 heterocycles. The number of nitrogens with one attached hydrogen (secondary N) is 1. The predicted molar refractivity (Wildman–Crippen MR) is 94.7 cm³/mol. The topological polar surface area (TPSA) is 75.7 Å². The molecule has 0 saturated heterocycles. The summed E-state index contributed by atoms with van der Waals surface area (Å²) in [5.74, 6) is 0.342. The first kappa shape index (κ1) is 20.4. The zero-order valence-electron chi connectivity index (χ0n) is 15.1. The first-order valence-corrected chi connectivity index (χ1v) is 9.64. The number of carbonyl (C=O) groups is 1. The minimum atomic E-state index is -3.72. The highest BCUT2D eigenvalue weighted by molar-refractivity contribution is 7.89. The highest BCUT2D eigenvalue weighted by Crippen LogP contribution is 2.23. The molecule has 0 aliphatic rings. The summed E-state index contributed by atoms with van der Waals surface area (Å²) in [7, 11) is -2.19. The second kappa shape index (κ2) is 9.03. The molecule has 0 aliphatic heterocycles. The molecule has 0 radical (unpaired) electrons. The third-order valence-electron chi connectivity index (χ3n) is 3.81. The zero-order chi connectivity index (χ0) is 18.3. The molecule has 136 valence electrons.